The molecule has 0 aliphatic carbocycles. The number of aromatic nitrogens is 7. The minimum atomic E-state index is -0.600. The first-order valence-electron chi connectivity index (χ1n) is 14.4. The number of hydrogen-bond donors (Lipinski definition) is 0. The van der Waals surface area contributed by atoms with E-state index in [9.17, 15) is 9.59 Å². The van der Waals surface area contributed by atoms with E-state index in [-0.39, 0.29) is 35.4 Å². The van der Waals surface area contributed by atoms with Gasteiger partial charge in [0.05, 0.1) is 28.7 Å². The molecule has 1 saturated heterocycles. The topological polar surface area (TPSA) is 115 Å². The first-order valence-corrected chi connectivity index (χ1v) is 14.4. The lowest BCUT2D eigenvalue weighted by Crippen LogP contribution is -2.58. The van der Waals surface area contributed by atoms with Crippen molar-refractivity contribution in [3.63, 3.8) is 0 Å². The highest BCUT2D eigenvalue weighted by Gasteiger charge is 2.34. The summed E-state index contributed by atoms with van der Waals surface area (Å²) in [6.07, 6.45) is 7.76. The van der Waals surface area contributed by atoms with Crippen molar-refractivity contribution in [2.45, 2.75) is 71.4 Å². The summed E-state index contributed by atoms with van der Waals surface area (Å²) < 4.78 is 18.9. The third-order valence-corrected chi connectivity index (χ3v) is 8.19. The lowest BCUT2D eigenvalue weighted by Gasteiger charge is -2.44. The van der Waals surface area contributed by atoms with Crippen LogP contribution in [0.25, 0.3) is 22.5 Å². The van der Waals surface area contributed by atoms with Gasteiger partial charge in [0.15, 0.2) is 17.3 Å². The van der Waals surface area contributed by atoms with Crippen molar-refractivity contribution in [2.75, 3.05) is 18.0 Å². The second-order valence-corrected chi connectivity index (χ2v) is 11.5. The van der Waals surface area contributed by atoms with Crippen LogP contribution >= 0.6 is 0 Å². The van der Waals surface area contributed by atoms with Crippen LogP contribution < -0.4 is 10.6 Å². The first-order chi connectivity index (χ1) is 20.2. The Morgan fingerprint density at radius 3 is 2.57 bits per heavy atom. The van der Waals surface area contributed by atoms with Gasteiger partial charge in [0.1, 0.15) is 5.82 Å². The Balaban J connectivity index is 1.65. The number of amides is 1. The van der Waals surface area contributed by atoms with Crippen LogP contribution in [0.4, 0.5) is 10.2 Å². The van der Waals surface area contributed by atoms with Crippen LogP contribution in [0, 0.1) is 5.82 Å². The molecule has 2 atom stereocenters. The van der Waals surface area contributed by atoms with E-state index in [1.54, 1.807) is 17.3 Å². The van der Waals surface area contributed by atoms with E-state index in [4.69, 9.17) is 4.98 Å². The second-order valence-electron chi connectivity index (χ2n) is 11.5. The average Bonchev–Trinajstić information content (AvgIpc) is 3.41. The van der Waals surface area contributed by atoms with Crippen molar-refractivity contribution in [1.82, 2.24) is 39.4 Å². The molecule has 2 bridgehead atoms. The minimum Gasteiger partial charge on any atom is -0.352 e. The molecule has 12 heteroatoms. The summed E-state index contributed by atoms with van der Waals surface area (Å²) in [7, 11) is 0. The quantitative estimate of drug-likeness (QED) is 0.343. The molecule has 4 aromatic rings. The molecular weight excluding hydrogens is 537 g/mol. The third-order valence-electron chi connectivity index (χ3n) is 8.19. The number of anilines is 1. The summed E-state index contributed by atoms with van der Waals surface area (Å²) in [5, 5.41) is 8.58. The number of piperazine rings is 1. The zero-order valence-electron chi connectivity index (χ0n) is 24.3. The largest absolute Gasteiger partial charge is 0.355 e. The van der Waals surface area contributed by atoms with Crippen molar-refractivity contribution in [2.24, 2.45) is 0 Å². The maximum atomic E-state index is 16.0. The number of hydrogen-bond acceptors (Lipinski definition) is 8. The molecule has 4 aromatic heterocycles. The number of nitrogens with zero attached hydrogens (tertiary/aromatic N) is 9. The Morgan fingerprint density at radius 1 is 1.12 bits per heavy atom. The summed E-state index contributed by atoms with van der Waals surface area (Å²) in [6.45, 7) is 12.4. The molecule has 6 heterocycles. The number of pyridine rings is 2. The second kappa shape index (κ2) is 10.7. The molecule has 2 aliphatic rings. The molecule has 0 aromatic carbocycles. The smallest absolute Gasteiger partial charge is 0.352 e. The summed E-state index contributed by atoms with van der Waals surface area (Å²) in [5.41, 5.74) is 2.84. The first kappa shape index (κ1) is 27.7. The van der Waals surface area contributed by atoms with E-state index < -0.39 is 11.5 Å². The summed E-state index contributed by atoms with van der Waals surface area (Å²) in [6, 6.07) is 2.94. The zero-order valence-corrected chi connectivity index (χ0v) is 24.3. The van der Waals surface area contributed by atoms with Gasteiger partial charge >= 0.3 is 5.69 Å². The van der Waals surface area contributed by atoms with Crippen LogP contribution in [0.15, 0.2) is 42.0 Å². The molecule has 0 radical (unpaired) electrons. The van der Waals surface area contributed by atoms with Gasteiger partial charge in [-0.05, 0) is 69.2 Å². The SMILES string of the molecule is C=CC(=O)N1C(C)CN(c2nc(=O)n3c4nc(c(F)cc24)-n2nncc2CCCCc2ccnc(C(C)C)c2-3)CC1C. The Morgan fingerprint density at radius 2 is 1.86 bits per heavy atom. The van der Waals surface area contributed by atoms with Gasteiger partial charge in [-0.2, -0.15) is 9.67 Å². The van der Waals surface area contributed by atoms with Crippen LogP contribution in [0.3, 0.4) is 0 Å². The fourth-order valence-corrected chi connectivity index (χ4v) is 6.34. The summed E-state index contributed by atoms with van der Waals surface area (Å²) in [4.78, 5) is 44.4. The molecule has 42 heavy (non-hydrogen) atoms. The fourth-order valence-electron chi connectivity index (χ4n) is 6.34. The Hall–Kier alpha value is -4.48. The number of rotatable bonds is 3. The fraction of sp³-hybridized carbons (Fsp3) is 0.433. The van der Waals surface area contributed by atoms with E-state index in [1.165, 1.54) is 21.4 Å². The number of halogens is 1. The minimum absolute atomic E-state index is 0.00786. The van der Waals surface area contributed by atoms with Crippen molar-refractivity contribution in [1.29, 1.82) is 0 Å². The van der Waals surface area contributed by atoms with Crippen molar-refractivity contribution < 1.29 is 9.18 Å². The van der Waals surface area contributed by atoms with Crippen LogP contribution in [0.1, 0.15) is 63.4 Å². The Bertz CT molecular complexity index is 1750. The van der Waals surface area contributed by atoms with Crippen LogP contribution in [0.5, 0.6) is 0 Å². The van der Waals surface area contributed by atoms with Crippen LogP contribution in [-0.2, 0) is 17.6 Å². The van der Waals surface area contributed by atoms with Crippen LogP contribution in [0.2, 0.25) is 0 Å². The predicted octanol–water partition coefficient (Wildman–Crippen LogP) is 3.51. The van der Waals surface area contributed by atoms with Crippen molar-refractivity contribution in [3.8, 4) is 11.5 Å². The van der Waals surface area contributed by atoms with E-state index in [1.807, 2.05) is 38.7 Å². The molecule has 2 aliphatic heterocycles. The maximum absolute atomic E-state index is 16.0. The summed E-state index contributed by atoms with van der Waals surface area (Å²) in [5.74, 6) is -0.447. The van der Waals surface area contributed by atoms with E-state index >= 15 is 4.39 Å². The standard InChI is InChI=1S/C30H34FN9O2/c1-6-24(41)38-18(4)15-37(16-19(38)5)27-22-13-23(31)29-34-28(22)39(30(42)35-27)26-20(11-12-32-25(26)17(2)3)9-7-8-10-21-14-33-36-40(21)29/h6,11-14,17-19H,1,7-10,15-16H2,2-5H3. The molecule has 1 fully saturated rings. The monoisotopic (exact) mass is 571 g/mol. The Labute approximate surface area is 242 Å². The molecule has 0 N–H and O–H groups in total. The predicted molar refractivity (Wildman–Crippen MR) is 157 cm³/mol. The summed E-state index contributed by atoms with van der Waals surface area (Å²) >= 11 is 0. The van der Waals surface area contributed by atoms with Crippen molar-refractivity contribution >= 4 is 22.8 Å². The molecule has 0 saturated carbocycles. The molecule has 2 unspecified atom stereocenters. The van der Waals surface area contributed by atoms with Gasteiger partial charge in [-0.1, -0.05) is 25.6 Å². The van der Waals surface area contributed by atoms with Gasteiger partial charge in [0.25, 0.3) is 0 Å². The molecule has 1 amide bonds. The molecule has 11 nitrogen and oxygen atoms in total. The van der Waals surface area contributed by atoms with Gasteiger partial charge in [-0.15, -0.1) is 5.10 Å². The van der Waals surface area contributed by atoms with E-state index in [0.29, 0.717) is 36.4 Å². The van der Waals surface area contributed by atoms with Gasteiger partial charge in [0, 0.05) is 31.4 Å². The number of aryl methyl sites for hydroxylation is 2. The van der Waals surface area contributed by atoms with E-state index in [0.717, 1.165) is 36.2 Å². The average molecular weight is 572 g/mol. The lowest BCUT2D eigenvalue weighted by molar-refractivity contribution is -0.130. The highest BCUT2D eigenvalue weighted by Crippen LogP contribution is 2.33. The lowest BCUT2D eigenvalue weighted by atomic mass is 9.99. The normalized spacial score (nSPS) is 18.9. The highest BCUT2D eigenvalue weighted by molar-refractivity contribution is 5.90. The number of fused-ring (bicyclic) bond motifs is 5. The van der Waals surface area contributed by atoms with Gasteiger partial charge < -0.3 is 9.80 Å². The molecule has 0 spiro atoms. The highest BCUT2D eigenvalue weighted by atomic mass is 19.1. The van der Waals surface area contributed by atoms with Crippen molar-refractivity contribution in [3.05, 3.63) is 70.4 Å². The van der Waals surface area contributed by atoms with Gasteiger partial charge in [0.2, 0.25) is 5.91 Å². The third kappa shape index (κ3) is 4.54. The molecular formula is C30H34FN9O2. The van der Waals surface area contributed by atoms with Crippen LogP contribution in [-0.4, -0.2) is 70.5 Å². The number of carbonyl (C=O) groups is 1. The van der Waals surface area contributed by atoms with Gasteiger partial charge in [-0.25, -0.2) is 18.7 Å². The molecule has 218 valence electrons. The van der Waals surface area contributed by atoms with E-state index in [2.05, 4.69) is 26.9 Å². The van der Waals surface area contributed by atoms with Gasteiger partial charge in [-0.3, -0.25) is 9.78 Å². The number of carbonyl (C=O) groups excluding carboxylic acids is 1. The zero-order chi connectivity index (χ0) is 29.7. The Kier molecular flexibility index (Phi) is 7.07. The maximum Gasteiger partial charge on any atom is 0.355 e. The molecule has 6 rings (SSSR count).